The molecule has 9 rings (SSSR count). The number of fused-ring (bicyclic) bond motifs is 3. The van der Waals surface area contributed by atoms with Crippen LogP contribution in [0.2, 0.25) is 10.6 Å². The molecule has 28 heteroatoms. The van der Waals surface area contributed by atoms with Gasteiger partial charge in [-0.2, -0.15) is 30.1 Å². The summed E-state index contributed by atoms with van der Waals surface area (Å²) in [6.07, 6.45) is 3.33. The monoisotopic (exact) mass is 966 g/mol. The van der Waals surface area contributed by atoms with E-state index in [-0.39, 0.29) is 29.8 Å². The lowest BCUT2D eigenvalue weighted by Crippen LogP contribution is -2.34. The third-order valence-electron chi connectivity index (χ3n) is 11.3. The highest BCUT2D eigenvalue weighted by Gasteiger charge is 2.56. The van der Waals surface area contributed by atoms with Gasteiger partial charge in [0, 0.05) is 12.1 Å². The predicted octanol–water partition coefficient (Wildman–Crippen LogP) is 3.01. The van der Waals surface area contributed by atoms with Crippen molar-refractivity contribution in [1.82, 2.24) is 39.5 Å². The van der Waals surface area contributed by atoms with Gasteiger partial charge in [0.1, 0.15) is 61.0 Å². The standard InChI is InChI=1S/C19H27ClN5O7P.C16H23ClN5O7P/c1-19(2)31-13-12(8-29-9-33(26,27)28)30-17(14(13)32-19)25-16-11(7-21-25)15(23-18(20)24-16)22-10-5-3-4-6-10;17-16-20-13(19-8-3-1-2-4-8)9-5-18-22(14(9)21-16)15-12(24)11(23)10(29-15)6-28-7-30(25,26)27/h7,10,12-14,17H,3-6,8-9H2,1-2H3,(H,22,23,24)(H2,26,27,28);5,8,10-12,15,23-24H,1-4,6-7H2,(H,19,20,21)(H2,25,26,27)/t12-,13-,14-,17-;10-,11-,12-,15-/m11/s1. The topological polar surface area (TPSA) is 322 Å². The van der Waals surface area contributed by atoms with Gasteiger partial charge >= 0.3 is 15.2 Å². The molecular weight excluding hydrogens is 917 g/mol. The van der Waals surface area contributed by atoms with Gasteiger partial charge in [0.15, 0.2) is 29.5 Å². The molecule has 0 amide bonds. The lowest BCUT2D eigenvalue weighted by atomic mass is 10.1. The molecule has 3 saturated heterocycles. The number of nitrogens with one attached hydrogen (secondary N) is 2. The molecule has 5 aliphatic rings. The molecule has 3 aliphatic heterocycles. The van der Waals surface area contributed by atoms with Gasteiger partial charge in [-0.3, -0.25) is 9.13 Å². The molecule has 348 valence electrons. The van der Waals surface area contributed by atoms with Gasteiger partial charge in [-0.05, 0) is 62.7 Å². The van der Waals surface area contributed by atoms with E-state index in [9.17, 15) is 19.3 Å². The van der Waals surface area contributed by atoms with E-state index in [1.54, 1.807) is 24.7 Å². The number of aromatic nitrogens is 8. The fraction of sp³-hybridized carbons (Fsp3) is 0.714. The lowest BCUT2D eigenvalue weighted by molar-refractivity contribution is -0.202. The van der Waals surface area contributed by atoms with Gasteiger partial charge in [0.05, 0.1) is 36.4 Å². The minimum Gasteiger partial charge on any atom is -0.387 e. The first-order chi connectivity index (χ1) is 29.8. The first kappa shape index (κ1) is 46.8. The smallest absolute Gasteiger partial charge is 0.350 e. The Bertz CT molecular complexity index is 2340. The Kier molecular flexibility index (Phi) is 14.0. The van der Waals surface area contributed by atoms with Gasteiger partial charge in [0.2, 0.25) is 10.6 Å². The second-order valence-electron chi connectivity index (χ2n) is 16.6. The van der Waals surface area contributed by atoms with E-state index >= 15 is 0 Å². The number of rotatable bonds is 14. The molecular formula is C35H50Cl2N10O14P2. The molecule has 4 aromatic heterocycles. The highest BCUT2D eigenvalue weighted by Crippen LogP contribution is 2.45. The molecule has 0 radical (unpaired) electrons. The van der Waals surface area contributed by atoms with Crippen LogP contribution in [-0.2, 0) is 37.6 Å². The molecule has 4 aromatic rings. The van der Waals surface area contributed by atoms with Crippen LogP contribution in [0.25, 0.3) is 22.1 Å². The maximum Gasteiger partial charge on any atom is 0.350 e. The van der Waals surface area contributed by atoms with Crippen molar-refractivity contribution in [2.45, 2.75) is 132 Å². The van der Waals surface area contributed by atoms with Crippen LogP contribution in [0.1, 0.15) is 77.7 Å². The van der Waals surface area contributed by atoms with E-state index in [1.165, 1.54) is 23.7 Å². The first-order valence-corrected chi connectivity index (χ1v) is 24.8. The summed E-state index contributed by atoms with van der Waals surface area (Å²) in [5.74, 6) is 0.296. The van der Waals surface area contributed by atoms with E-state index < -0.39 is 82.8 Å². The molecule has 0 spiro atoms. The molecule has 8 atom stereocenters. The van der Waals surface area contributed by atoms with Crippen LogP contribution in [0.15, 0.2) is 12.4 Å². The summed E-state index contributed by atoms with van der Waals surface area (Å²) >= 11 is 12.3. The number of halogens is 2. The Morgan fingerprint density at radius 3 is 1.63 bits per heavy atom. The van der Waals surface area contributed by atoms with Crippen molar-refractivity contribution in [2.24, 2.45) is 0 Å². The fourth-order valence-electron chi connectivity index (χ4n) is 8.55. The quantitative estimate of drug-likeness (QED) is 0.0665. The fourth-order valence-corrected chi connectivity index (χ4v) is 9.57. The van der Waals surface area contributed by atoms with Crippen LogP contribution in [0.4, 0.5) is 11.6 Å². The second kappa shape index (κ2) is 18.9. The van der Waals surface area contributed by atoms with Gasteiger partial charge in [-0.15, -0.1) is 0 Å². The molecule has 5 fully saturated rings. The van der Waals surface area contributed by atoms with E-state index in [4.69, 9.17) is 71.2 Å². The molecule has 0 aromatic carbocycles. The van der Waals surface area contributed by atoms with Crippen LogP contribution in [0, 0.1) is 0 Å². The Labute approximate surface area is 369 Å². The number of nitrogens with zero attached hydrogens (tertiary/aromatic N) is 8. The number of ether oxygens (including phenoxy) is 6. The van der Waals surface area contributed by atoms with Crippen LogP contribution >= 0.6 is 38.4 Å². The van der Waals surface area contributed by atoms with Crippen LogP contribution in [0.3, 0.4) is 0 Å². The highest BCUT2D eigenvalue weighted by molar-refractivity contribution is 7.51. The zero-order chi connectivity index (χ0) is 44.8. The molecule has 7 heterocycles. The third-order valence-corrected chi connectivity index (χ3v) is 12.6. The lowest BCUT2D eigenvalue weighted by Gasteiger charge is -2.24. The summed E-state index contributed by atoms with van der Waals surface area (Å²) in [7, 11) is -8.66. The van der Waals surface area contributed by atoms with Crippen molar-refractivity contribution in [3.8, 4) is 0 Å². The molecule has 63 heavy (non-hydrogen) atoms. The minimum absolute atomic E-state index is 0.000639. The summed E-state index contributed by atoms with van der Waals surface area (Å²) in [6.45, 7) is 3.19. The summed E-state index contributed by atoms with van der Waals surface area (Å²) in [5, 5.41) is 37.7. The summed E-state index contributed by atoms with van der Waals surface area (Å²) in [6, 6.07) is 0.616. The second-order valence-corrected chi connectivity index (χ2v) is 20.4. The van der Waals surface area contributed by atoms with Crippen molar-refractivity contribution in [2.75, 3.05) is 36.5 Å². The van der Waals surface area contributed by atoms with Crippen molar-refractivity contribution in [3.05, 3.63) is 23.0 Å². The van der Waals surface area contributed by atoms with Crippen LogP contribution in [0.5, 0.6) is 0 Å². The van der Waals surface area contributed by atoms with Gasteiger partial charge in [0.25, 0.3) is 0 Å². The Balaban J connectivity index is 0.000000174. The predicted molar refractivity (Wildman–Crippen MR) is 222 cm³/mol. The van der Waals surface area contributed by atoms with E-state index in [0.717, 1.165) is 38.5 Å². The highest BCUT2D eigenvalue weighted by atomic mass is 35.5. The Morgan fingerprint density at radius 1 is 0.698 bits per heavy atom. The molecule has 2 aliphatic carbocycles. The average molecular weight is 968 g/mol. The zero-order valence-corrected chi connectivity index (χ0v) is 37.4. The SMILES string of the molecule is CC1(C)O[C@@H]2[C@H](O1)[C@@H](COCP(=O)(O)O)O[C@H]2n1ncc2c(NC3CCCC3)nc(Cl)nc21.O=P(O)(O)COC[C@H]1O[C@@H](n2ncc3c(NC4CCCC4)nc(Cl)nc32)[C@H](O)[C@@H]1O. The maximum atomic E-state index is 11.1. The van der Waals surface area contributed by atoms with Gasteiger partial charge in [-0.25, -0.2) is 9.36 Å². The van der Waals surface area contributed by atoms with E-state index in [0.29, 0.717) is 39.7 Å². The summed E-state index contributed by atoms with van der Waals surface area (Å²) in [4.78, 5) is 53.1. The van der Waals surface area contributed by atoms with E-state index in [2.05, 4.69) is 40.8 Å². The summed E-state index contributed by atoms with van der Waals surface area (Å²) in [5.41, 5.74) is 0.813. The number of aliphatic hydroxyl groups is 2. The van der Waals surface area contributed by atoms with Crippen molar-refractivity contribution in [3.63, 3.8) is 0 Å². The third kappa shape index (κ3) is 10.9. The first-order valence-electron chi connectivity index (χ1n) is 20.4. The van der Waals surface area contributed by atoms with Crippen LogP contribution < -0.4 is 10.6 Å². The molecule has 0 unspecified atom stereocenters. The van der Waals surface area contributed by atoms with Crippen LogP contribution in [-0.4, -0.2) is 150 Å². The summed E-state index contributed by atoms with van der Waals surface area (Å²) < 4.78 is 59.0. The Morgan fingerprint density at radius 2 is 1.14 bits per heavy atom. The molecule has 24 nitrogen and oxygen atoms in total. The Hall–Kier alpha value is -2.74. The number of aliphatic hydroxyl groups excluding tert-OH is 2. The van der Waals surface area contributed by atoms with E-state index in [1.807, 2.05) is 0 Å². The van der Waals surface area contributed by atoms with Crippen molar-refractivity contribution >= 4 is 72.1 Å². The number of hydrogen-bond donors (Lipinski definition) is 8. The van der Waals surface area contributed by atoms with Crippen molar-refractivity contribution in [1.29, 1.82) is 0 Å². The van der Waals surface area contributed by atoms with Gasteiger partial charge < -0.3 is 68.8 Å². The molecule has 2 saturated carbocycles. The average Bonchev–Trinajstić information content (AvgIpc) is 4.06. The normalized spacial score (nSPS) is 28.9. The largest absolute Gasteiger partial charge is 0.387 e. The maximum absolute atomic E-state index is 11.1. The minimum atomic E-state index is -4.36. The zero-order valence-electron chi connectivity index (χ0n) is 34.1. The van der Waals surface area contributed by atoms with Crippen molar-refractivity contribution < 1.29 is 67.3 Å². The number of anilines is 2. The molecule has 8 N–H and O–H groups in total. The molecule has 0 bridgehead atoms. The number of hydrogen-bond acceptors (Lipinski definition) is 18. The van der Waals surface area contributed by atoms with Gasteiger partial charge in [-0.1, -0.05) is 25.7 Å².